The molecule has 0 aliphatic rings. The van der Waals surface area contributed by atoms with Crippen molar-refractivity contribution in [3.63, 3.8) is 0 Å². The van der Waals surface area contributed by atoms with Crippen molar-refractivity contribution in [3.8, 4) is 11.1 Å². The highest BCUT2D eigenvalue weighted by Crippen LogP contribution is 2.25. The molecule has 0 bridgehead atoms. The Kier molecular flexibility index (Phi) is 2.97. The molecule has 17 heavy (non-hydrogen) atoms. The molecule has 2 nitrogen and oxygen atoms in total. The molecule has 0 atom stereocenters. The molecular formula is C15H18N2. The van der Waals surface area contributed by atoms with Crippen LogP contribution in [0.3, 0.4) is 0 Å². The van der Waals surface area contributed by atoms with Gasteiger partial charge < -0.3 is 0 Å². The fourth-order valence-electron chi connectivity index (χ4n) is 1.66. The molecule has 0 saturated carbocycles. The lowest BCUT2D eigenvalue weighted by Gasteiger charge is -2.18. The molecule has 2 aromatic rings. The first kappa shape index (κ1) is 11.8. The molecule has 0 aliphatic carbocycles. The molecule has 0 spiro atoms. The zero-order valence-electron chi connectivity index (χ0n) is 10.9. The zero-order valence-corrected chi connectivity index (χ0v) is 10.9. The summed E-state index contributed by atoms with van der Waals surface area (Å²) in [5, 5.41) is 0. The summed E-state index contributed by atoms with van der Waals surface area (Å²) in [7, 11) is 0. The number of rotatable bonds is 1. The maximum Gasteiger partial charge on any atom is 0.0463 e. The largest absolute Gasteiger partial charge is 0.261 e. The lowest BCUT2D eigenvalue weighted by molar-refractivity contribution is 0.569. The maximum atomic E-state index is 4.43. The van der Waals surface area contributed by atoms with Crippen LogP contribution in [0.1, 0.15) is 32.2 Å². The van der Waals surface area contributed by atoms with Crippen LogP contribution in [-0.4, -0.2) is 9.97 Å². The van der Waals surface area contributed by atoms with Crippen molar-refractivity contribution in [3.05, 3.63) is 48.0 Å². The summed E-state index contributed by atoms with van der Waals surface area (Å²) in [4.78, 5) is 8.76. The second-order valence-electron chi connectivity index (χ2n) is 5.37. The molecule has 0 saturated heterocycles. The standard InChI is InChI=1S/C15H18N2/c1-11-5-6-13(10-17-11)12-7-8-16-14(9-12)15(2,3)4/h5-10H,1-4H3. The fourth-order valence-corrected chi connectivity index (χ4v) is 1.66. The number of hydrogen-bond acceptors (Lipinski definition) is 2. The van der Waals surface area contributed by atoms with E-state index in [1.165, 1.54) is 5.56 Å². The van der Waals surface area contributed by atoms with Gasteiger partial charge in [0.25, 0.3) is 0 Å². The van der Waals surface area contributed by atoms with Crippen molar-refractivity contribution in [1.82, 2.24) is 9.97 Å². The van der Waals surface area contributed by atoms with Crippen LogP contribution in [0.4, 0.5) is 0 Å². The van der Waals surface area contributed by atoms with Gasteiger partial charge in [-0.3, -0.25) is 9.97 Å². The summed E-state index contributed by atoms with van der Waals surface area (Å²) in [6, 6.07) is 8.31. The first-order valence-corrected chi connectivity index (χ1v) is 5.86. The van der Waals surface area contributed by atoms with Crippen molar-refractivity contribution < 1.29 is 0 Å². The minimum Gasteiger partial charge on any atom is -0.261 e. The van der Waals surface area contributed by atoms with Gasteiger partial charge >= 0.3 is 0 Å². The Labute approximate surface area is 103 Å². The van der Waals surface area contributed by atoms with Gasteiger partial charge in [0.15, 0.2) is 0 Å². The van der Waals surface area contributed by atoms with Gasteiger partial charge in [0, 0.05) is 34.8 Å². The minimum absolute atomic E-state index is 0.0775. The third-order valence-electron chi connectivity index (χ3n) is 2.77. The van der Waals surface area contributed by atoms with Gasteiger partial charge in [-0.1, -0.05) is 26.8 Å². The predicted octanol–water partition coefficient (Wildman–Crippen LogP) is 3.75. The van der Waals surface area contributed by atoms with Crippen molar-refractivity contribution in [2.45, 2.75) is 33.1 Å². The number of hydrogen-bond donors (Lipinski definition) is 0. The molecule has 2 heteroatoms. The third-order valence-corrected chi connectivity index (χ3v) is 2.77. The fraction of sp³-hybridized carbons (Fsp3) is 0.333. The van der Waals surface area contributed by atoms with E-state index in [0.29, 0.717) is 0 Å². The van der Waals surface area contributed by atoms with Gasteiger partial charge in [-0.15, -0.1) is 0 Å². The van der Waals surface area contributed by atoms with E-state index in [1.807, 2.05) is 31.5 Å². The SMILES string of the molecule is Cc1ccc(-c2ccnc(C(C)(C)C)c2)cn1. The molecule has 0 aromatic carbocycles. The highest BCUT2D eigenvalue weighted by molar-refractivity contribution is 5.62. The Morgan fingerprint density at radius 2 is 1.71 bits per heavy atom. The van der Waals surface area contributed by atoms with E-state index in [0.717, 1.165) is 17.0 Å². The molecule has 88 valence electrons. The average molecular weight is 226 g/mol. The third kappa shape index (κ3) is 2.70. The molecule has 0 aliphatic heterocycles. The van der Waals surface area contributed by atoms with Crippen LogP contribution in [0.15, 0.2) is 36.7 Å². The second-order valence-corrected chi connectivity index (χ2v) is 5.37. The van der Waals surface area contributed by atoms with E-state index >= 15 is 0 Å². The van der Waals surface area contributed by atoms with Crippen LogP contribution >= 0.6 is 0 Å². The Balaban J connectivity index is 2.43. The van der Waals surface area contributed by atoms with E-state index in [9.17, 15) is 0 Å². The Bertz CT molecular complexity index is 507. The van der Waals surface area contributed by atoms with Crippen molar-refractivity contribution >= 4 is 0 Å². The quantitative estimate of drug-likeness (QED) is 0.740. The van der Waals surface area contributed by atoms with Crippen molar-refractivity contribution in [2.24, 2.45) is 0 Å². The van der Waals surface area contributed by atoms with Crippen molar-refractivity contribution in [2.75, 3.05) is 0 Å². The summed E-state index contributed by atoms with van der Waals surface area (Å²) in [6.45, 7) is 8.52. The smallest absolute Gasteiger partial charge is 0.0463 e. The molecule has 0 unspecified atom stereocenters. The topological polar surface area (TPSA) is 25.8 Å². The highest BCUT2D eigenvalue weighted by atomic mass is 14.7. The van der Waals surface area contributed by atoms with E-state index in [2.05, 4.69) is 42.9 Å². The summed E-state index contributed by atoms with van der Waals surface area (Å²) in [6.07, 6.45) is 3.78. The second kappa shape index (κ2) is 4.28. The molecule has 0 radical (unpaired) electrons. The minimum atomic E-state index is 0.0775. The van der Waals surface area contributed by atoms with Gasteiger partial charge in [0.05, 0.1) is 0 Å². The van der Waals surface area contributed by atoms with Crippen LogP contribution in [-0.2, 0) is 5.41 Å². The van der Waals surface area contributed by atoms with E-state index < -0.39 is 0 Å². The van der Waals surface area contributed by atoms with Gasteiger partial charge in [-0.2, -0.15) is 0 Å². The van der Waals surface area contributed by atoms with Crippen LogP contribution < -0.4 is 0 Å². The molecule has 2 rings (SSSR count). The van der Waals surface area contributed by atoms with Gasteiger partial charge in [0.1, 0.15) is 0 Å². The van der Waals surface area contributed by atoms with Crippen molar-refractivity contribution in [1.29, 1.82) is 0 Å². The number of aryl methyl sites for hydroxylation is 1. The van der Waals surface area contributed by atoms with Crippen LogP contribution in [0, 0.1) is 6.92 Å². The first-order chi connectivity index (χ1) is 7.97. The monoisotopic (exact) mass is 226 g/mol. The molecule has 2 aromatic heterocycles. The highest BCUT2D eigenvalue weighted by Gasteiger charge is 2.15. The predicted molar refractivity (Wildman–Crippen MR) is 70.9 cm³/mol. The Hall–Kier alpha value is -1.70. The van der Waals surface area contributed by atoms with Crippen LogP contribution in [0.2, 0.25) is 0 Å². The number of nitrogens with zero attached hydrogens (tertiary/aromatic N) is 2. The summed E-state index contributed by atoms with van der Waals surface area (Å²) in [5.41, 5.74) is 4.55. The molecule has 0 fully saturated rings. The normalized spacial score (nSPS) is 11.5. The lowest BCUT2D eigenvalue weighted by atomic mass is 9.90. The Morgan fingerprint density at radius 1 is 0.941 bits per heavy atom. The lowest BCUT2D eigenvalue weighted by Crippen LogP contribution is -2.13. The van der Waals surface area contributed by atoms with Gasteiger partial charge in [-0.25, -0.2) is 0 Å². The summed E-state index contributed by atoms with van der Waals surface area (Å²) >= 11 is 0. The molecule has 0 N–H and O–H groups in total. The van der Waals surface area contributed by atoms with Gasteiger partial charge in [0.2, 0.25) is 0 Å². The number of pyridine rings is 2. The summed E-state index contributed by atoms with van der Waals surface area (Å²) < 4.78 is 0. The average Bonchev–Trinajstić information content (AvgIpc) is 2.29. The maximum absolute atomic E-state index is 4.43. The summed E-state index contributed by atoms with van der Waals surface area (Å²) in [5.74, 6) is 0. The van der Waals surface area contributed by atoms with Crippen LogP contribution in [0.25, 0.3) is 11.1 Å². The zero-order chi connectivity index (χ0) is 12.5. The Morgan fingerprint density at radius 3 is 2.29 bits per heavy atom. The van der Waals surface area contributed by atoms with E-state index in [-0.39, 0.29) is 5.41 Å². The van der Waals surface area contributed by atoms with E-state index in [1.54, 1.807) is 0 Å². The first-order valence-electron chi connectivity index (χ1n) is 5.86. The molecule has 0 amide bonds. The molecule has 2 heterocycles. The van der Waals surface area contributed by atoms with E-state index in [4.69, 9.17) is 0 Å². The number of aromatic nitrogens is 2. The van der Waals surface area contributed by atoms with Gasteiger partial charge in [-0.05, 0) is 30.7 Å². The van der Waals surface area contributed by atoms with Crippen LogP contribution in [0.5, 0.6) is 0 Å². The molecular weight excluding hydrogens is 208 g/mol.